The first-order valence-electron chi connectivity index (χ1n) is 7.56. The molecule has 0 heterocycles. The lowest BCUT2D eigenvalue weighted by Gasteiger charge is -2.34. The molecule has 0 saturated carbocycles. The molecule has 0 aliphatic heterocycles. The van der Waals surface area contributed by atoms with Gasteiger partial charge in [-0.2, -0.15) is 26.3 Å². The predicted octanol–water partition coefficient (Wildman–Crippen LogP) is 5.93. The highest BCUT2D eigenvalue weighted by Gasteiger charge is 2.39. The fourth-order valence-corrected chi connectivity index (χ4v) is 3.02. The maximum absolute atomic E-state index is 13.0. The largest absolute Gasteiger partial charge is 0.478 e. The van der Waals surface area contributed by atoms with Gasteiger partial charge in [-0.15, -0.1) is 0 Å². The normalized spacial score (nSPS) is 12.7. The maximum Gasteiger partial charge on any atom is 0.416 e. The molecule has 0 aromatic heterocycles. The van der Waals surface area contributed by atoms with E-state index in [1.165, 1.54) is 0 Å². The molecule has 1 aromatic carbocycles. The lowest BCUT2D eigenvalue weighted by atomic mass is 10.0. The molecule has 0 unspecified atom stereocenters. The van der Waals surface area contributed by atoms with E-state index >= 15 is 0 Å². The molecule has 1 rings (SSSR count). The standard InChI is InChI=1S/C16H17F6NO2S2/c1-5-25-13(26)27-23(14(2,3)4)12(24)9-6-10(15(17,18)19)8-11(7-9)16(20,21)22/h6-8H,5H2,1-4H3. The van der Waals surface area contributed by atoms with Crippen molar-refractivity contribution >= 4 is 34.5 Å². The Kier molecular flexibility index (Phi) is 7.20. The second kappa shape index (κ2) is 8.26. The van der Waals surface area contributed by atoms with E-state index in [-0.39, 0.29) is 17.1 Å². The van der Waals surface area contributed by atoms with Gasteiger partial charge in [0.2, 0.25) is 4.38 Å². The lowest BCUT2D eigenvalue weighted by molar-refractivity contribution is -0.143. The van der Waals surface area contributed by atoms with Crippen LogP contribution in [0.25, 0.3) is 0 Å². The number of hydrogen-bond acceptors (Lipinski definition) is 4. The molecule has 0 fully saturated rings. The number of alkyl halides is 6. The molecule has 1 amide bonds. The van der Waals surface area contributed by atoms with Crippen LogP contribution >= 0.6 is 24.2 Å². The van der Waals surface area contributed by atoms with Crippen molar-refractivity contribution in [3.63, 3.8) is 0 Å². The third-order valence-corrected chi connectivity index (χ3v) is 4.56. The van der Waals surface area contributed by atoms with Gasteiger partial charge in [0.1, 0.15) is 0 Å². The van der Waals surface area contributed by atoms with Crippen LogP contribution in [0.3, 0.4) is 0 Å². The van der Waals surface area contributed by atoms with Gasteiger partial charge >= 0.3 is 12.4 Å². The molecule has 0 radical (unpaired) electrons. The zero-order valence-electron chi connectivity index (χ0n) is 14.8. The van der Waals surface area contributed by atoms with E-state index in [4.69, 9.17) is 17.0 Å². The van der Waals surface area contributed by atoms with E-state index in [1.54, 1.807) is 27.7 Å². The van der Waals surface area contributed by atoms with Crippen molar-refractivity contribution in [1.82, 2.24) is 4.31 Å². The average molecular weight is 433 g/mol. The van der Waals surface area contributed by atoms with Gasteiger partial charge in [-0.05, 0) is 58.1 Å². The number of halogens is 6. The molecule has 0 bridgehead atoms. The second-order valence-electron chi connectivity index (χ2n) is 6.34. The van der Waals surface area contributed by atoms with Crippen molar-refractivity contribution in [2.24, 2.45) is 0 Å². The zero-order chi connectivity index (χ0) is 21.2. The summed E-state index contributed by atoms with van der Waals surface area (Å²) in [5, 5.41) is 0. The van der Waals surface area contributed by atoms with Crippen molar-refractivity contribution in [2.45, 2.75) is 45.6 Å². The molecule has 0 aliphatic carbocycles. The first-order chi connectivity index (χ1) is 12.1. The predicted molar refractivity (Wildman–Crippen MR) is 94.2 cm³/mol. The summed E-state index contributed by atoms with van der Waals surface area (Å²) >= 11 is 5.56. The molecule has 0 spiro atoms. The molecule has 0 saturated heterocycles. The number of nitrogens with zero attached hydrogens (tertiary/aromatic N) is 1. The Morgan fingerprint density at radius 1 is 1.04 bits per heavy atom. The number of carbonyl (C=O) groups excluding carboxylic acids is 1. The number of rotatable bonds is 2. The second-order valence-corrected chi connectivity index (χ2v) is 7.89. The first-order valence-corrected chi connectivity index (χ1v) is 8.74. The van der Waals surface area contributed by atoms with E-state index in [0.717, 1.165) is 4.31 Å². The fourth-order valence-electron chi connectivity index (χ4n) is 1.90. The monoisotopic (exact) mass is 433 g/mol. The molecule has 1 aromatic rings. The Balaban J connectivity index is 3.46. The van der Waals surface area contributed by atoms with Crippen LogP contribution in [0.5, 0.6) is 0 Å². The van der Waals surface area contributed by atoms with Crippen LogP contribution < -0.4 is 0 Å². The van der Waals surface area contributed by atoms with Crippen LogP contribution in [0.4, 0.5) is 26.3 Å². The molecule has 11 heteroatoms. The average Bonchev–Trinajstić information content (AvgIpc) is 2.49. The number of ether oxygens (including phenoxy) is 1. The molecule has 152 valence electrons. The molecule has 3 nitrogen and oxygen atoms in total. The van der Waals surface area contributed by atoms with Crippen LogP contribution in [0.15, 0.2) is 18.2 Å². The van der Waals surface area contributed by atoms with Crippen LogP contribution in [-0.4, -0.2) is 26.7 Å². The van der Waals surface area contributed by atoms with E-state index in [0.29, 0.717) is 24.1 Å². The van der Waals surface area contributed by atoms with Crippen molar-refractivity contribution in [3.8, 4) is 0 Å². The smallest absolute Gasteiger partial charge is 0.416 e. The molecular weight excluding hydrogens is 416 g/mol. The molecular formula is C16H17F6NO2S2. The van der Waals surface area contributed by atoms with Gasteiger partial charge < -0.3 is 4.74 Å². The van der Waals surface area contributed by atoms with Gasteiger partial charge in [0.05, 0.1) is 17.7 Å². The summed E-state index contributed by atoms with van der Waals surface area (Å²) in [5.74, 6) is -1.05. The maximum atomic E-state index is 13.0. The van der Waals surface area contributed by atoms with Gasteiger partial charge in [-0.1, -0.05) is 0 Å². The van der Waals surface area contributed by atoms with Crippen LogP contribution in [-0.2, 0) is 17.1 Å². The third-order valence-electron chi connectivity index (χ3n) is 3.06. The fraction of sp³-hybridized carbons (Fsp3) is 0.500. The minimum Gasteiger partial charge on any atom is -0.478 e. The van der Waals surface area contributed by atoms with Crippen LogP contribution in [0, 0.1) is 0 Å². The number of thiocarbonyl (C=S) groups is 1. The first kappa shape index (κ1) is 23.5. The summed E-state index contributed by atoms with van der Waals surface area (Å²) in [6.45, 7) is 6.51. The summed E-state index contributed by atoms with van der Waals surface area (Å²) < 4.78 is 84.0. The quantitative estimate of drug-likeness (QED) is 0.328. The van der Waals surface area contributed by atoms with Crippen LogP contribution in [0.1, 0.15) is 49.2 Å². The van der Waals surface area contributed by atoms with E-state index in [2.05, 4.69) is 0 Å². The Bertz CT molecular complexity index is 678. The number of benzene rings is 1. The zero-order valence-corrected chi connectivity index (χ0v) is 16.4. The van der Waals surface area contributed by atoms with Crippen molar-refractivity contribution < 1.29 is 35.9 Å². The highest BCUT2D eigenvalue weighted by Crippen LogP contribution is 2.37. The van der Waals surface area contributed by atoms with Gasteiger partial charge in [0.25, 0.3) is 5.91 Å². The molecule has 27 heavy (non-hydrogen) atoms. The number of amides is 1. The summed E-state index contributed by atoms with van der Waals surface area (Å²) in [5.41, 5.74) is -4.84. The van der Waals surface area contributed by atoms with Gasteiger partial charge in [0, 0.05) is 23.1 Å². The minimum absolute atomic E-state index is 0.0316. The summed E-state index contributed by atoms with van der Waals surface area (Å²) in [6.07, 6.45) is -10.1. The Labute approximate surface area is 162 Å². The van der Waals surface area contributed by atoms with Crippen molar-refractivity contribution in [1.29, 1.82) is 0 Å². The Morgan fingerprint density at radius 3 is 1.81 bits per heavy atom. The Morgan fingerprint density at radius 2 is 1.48 bits per heavy atom. The number of carbonyl (C=O) groups is 1. The summed E-state index contributed by atoms with van der Waals surface area (Å²) in [7, 11) is 0. The summed E-state index contributed by atoms with van der Waals surface area (Å²) in [4.78, 5) is 12.7. The van der Waals surface area contributed by atoms with Gasteiger partial charge in [-0.3, -0.25) is 9.10 Å². The molecule has 0 aliphatic rings. The van der Waals surface area contributed by atoms with E-state index in [1.807, 2.05) is 0 Å². The van der Waals surface area contributed by atoms with E-state index in [9.17, 15) is 31.1 Å². The Hall–Kier alpha value is -1.49. The van der Waals surface area contributed by atoms with E-state index < -0.39 is 40.5 Å². The lowest BCUT2D eigenvalue weighted by Crippen LogP contribution is -2.41. The van der Waals surface area contributed by atoms with Crippen molar-refractivity contribution in [2.75, 3.05) is 6.61 Å². The topological polar surface area (TPSA) is 29.5 Å². The van der Waals surface area contributed by atoms with Crippen LogP contribution in [0.2, 0.25) is 0 Å². The molecule has 0 atom stereocenters. The van der Waals surface area contributed by atoms with Gasteiger partial charge in [0.15, 0.2) is 0 Å². The van der Waals surface area contributed by atoms with Gasteiger partial charge in [-0.25, -0.2) is 0 Å². The minimum atomic E-state index is -5.05. The summed E-state index contributed by atoms with van der Waals surface area (Å²) in [6, 6.07) is 0.747. The third kappa shape index (κ3) is 6.56. The highest BCUT2D eigenvalue weighted by atomic mass is 32.2. The van der Waals surface area contributed by atoms with Crippen molar-refractivity contribution in [3.05, 3.63) is 34.9 Å². The SMILES string of the molecule is CCOC(=S)SN(C(=O)c1cc(C(F)(F)F)cc(C(F)(F)F)c1)C(C)(C)C. The molecule has 0 N–H and O–H groups in total. The number of hydrogen-bond donors (Lipinski definition) is 0. The highest BCUT2D eigenvalue weighted by molar-refractivity contribution is 8.21.